The van der Waals surface area contributed by atoms with Gasteiger partial charge in [-0.25, -0.2) is 4.79 Å². The van der Waals surface area contributed by atoms with Gasteiger partial charge in [-0.2, -0.15) is 0 Å². The number of nitrogens with zero attached hydrogens (tertiary/aromatic N) is 3. The fourth-order valence-electron chi connectivity index (χ4n) is 3.40. The van der Waals surface area contributed by atoms with Crippen molar-refractivity contribution in [2.24, 2.45) is 0 Å². The maximum atomic E-state index is 12.5. The van der Waals surface area contributed by atoms with Gasteiger partial charge in [0.2, 0.25) is 0 Å². The number of benzene rings is 3. The molecule has 0 bridgehead atoms. The number of carbonyl (C=O) groups excluding carboxylic acids is 1. The summed E-state index contributed by atoms with van der Waals surface area (Å²) in [7, 11) is 0. The molecular weight excluding hydrogens is 430 g/mol. The molecule has 4 rings (SSSR count). The molecule has 2 amide bonds. The molecule has 0 fully saturated rings. The van der Waals surface area contributed by atoms with Gasteiger partial charge in [0, 0.05) is 18.0 Å². The van der Waals surface area contributed by atoms with Crippen LogP contribution in [0.15, 0.2) is 90.1 Å². The van der Waals surface area contributed by atoms with Gasteiger partial charge < -0.3 is 10.6 Å². The Labute approximate surface area is 198 Å². The van der Waals surface area contributed by atoms with Crippen molar-refractivity contribution < 1.29 is 4.79 Å². The highest BCUT2D eigenvalue weighted by molar-refractivity contribution is 7.98. The summed E-state index contributed by atoms with van der Waals surface area (Å²) in [4.78, 5) is 12.5. The molecule has 1 heterocycles. The molecule has 0 saturated carbocycles. The Balaban J connectivity index is 1.51. The van der Waals surface area contributed by atoms with Crippen molar-refractivity contribution in [3.05, 3.63) is 107 Å². The average molecular weight is 458 g/mol. The van der Waals surface area contributed by atoms with Crippen LogP contribution in [0.5, 0.6) is 0 Å². The highest BCUT2D eigenvalue weighted by Gasteiger charge is 2.21. The molecule has 0 spiro atoms. The fraction of sp³-hybridized carbons (Fsp3) is 0.192. The standard InChI is InChI=1S/C26H27N5OS/c1-19-13-15-23(16-14-19)31-24(29-30-26(31)33-18-22-11-7-4-8-12-22)20(2)28-25(32)27-17-21-9-5-3-6-10-21/h3-16,20H,17-18H2,1-2H3,(H2,27,28,32). The molecule has 0 saturated heterocycles. The van der Waals surface area contributed by atoms with E-state index < -0.39 is 0 Å². The molecule has 6 nitrogen and oxygen atoms in total. The summed E-state index contributed by atoms with van der Waals surface area (Å²) in [6.07, 6.45) is 0. The van der Waals surface area contributed by atoms with E-state index in [-0.39, 0.29) is 12.1 Å². The van der Waals surface area contributed by atoms with Crippen LogP contribution in [-0.2, 0) is 12.3 Å². The molecule has 1 atom stereocenters. The Morgan fingerprint density at radius 3 is 2.21 bits per heavy atom. The zero-order chi connectivity index (χ0) is 23.0. The number of carbonyl (C=O) groups is 1. The van der Waals surface area contributed by atoms with Crippen molar-refractivity contribution in [2.75, 3.05) is 0 Å². The molecule has 0 radical (unpaired) electrons. The van der Waals surface area contributed by atoms with E-state index in [2.05, 4.69) is 64.2 Å². The van der Waals surface area contributed by atoms with Crippen LogP contribution < -0.4 is 10.6 Å². The minimum absolute atomic E-state index is 0.247. The van der Waals surface area contributed by atoms with Crippen LogP contribution in [0.1, 0.15) is 35.5 Å². The molecule has 1 aromatic heterocycles. The Morgan fingerprint density at radius 1 is 0.909 bits per heavy atom. The van der Waals surface area contributed by atoms with Crippen molar-refractivity contribution in [1.29, 1.82) is 0 Å². The predicted octanol–water partition coefficient (Wildman–Crippen LogP) is 5.43. The zero-order valence-corrected chi connectivity index (χ0v) is 19.5. The molecule has 0 aliphatic rings. The van der Waals surface area contributed by atoms with Crippen LogP contribution in [0.25, 0.3) is 5.69 Å². The number of thioether (sulfide) groups is 1. The van der Waals surface area contributed by atoms with Crippen LogP contribution in [0.4, 0.5) is 4.79 Å². The van der Waals surface area contributed by atoms with Crippen LogP contribution >= 0.6 is 11.8 Å². The van der Waals surface area contributed by atoms with Crippen LogP contribution in [0, 0.1) is 6.92 Å². The number of aromatic nitrogens is 3. The van der Waals surface area contributed by atoms with Gasteiger partial charge in [-0.3, -0.25) is 4.57 Å². The molecule has 168 valence electrons. The molecule has 33 heavy (non-hydrogen) atoms. The van der Waals surface area contributed by atoms with Gasteiger partial charge in [0.1, 0.15) is 0 Å². The summed E-state index contributed by atoms with van der Waals surface area (Å²) in [6.45, 7) is 4.44. The average Bonchev–Trinajstić information content (AvgIpc) is 3.27. The second kappa shape index (κ2) is 10.8. The van der Waals surface area contributed by atoms with Gasteiger partial charge in [0.05, 0.1) is 6.04 Å². The minimum Gasteiger partial charge on any atom is -0.334 e. The molecule has 3 aromatic carbocycles. The second-order valence-electron chi connectivity index (χ2n) is 7.82. The third-order valence-electron chi connectivity index (χ3n) is 5.19. The van der Waals surface area contributed by atoms with Gasteiger partial charge in [0.25, 0.3) is 0 Å². The summed E-state index contributed by atoms with van der Waals surface area (Å²) in [6, 6.07) is 27.8. The monoisotopic (exact) mass is 457 g/mol. The highest BCUT2D eigenvalue weighted by atomic mass is 32.2. The second-order valence-corrected chi connectivity index (χ2v) is 8.76. The molecular formula is C26H27N5OS. The first kappa shape index (κ1) is 22.6. The highest BCUT2D eigenvalue weighted by Crippen LogP contribution is 2.27. The summed E-state index contributed by atoms with van der Waals surface area (Å²) in [5.41, 5.74) is 4.41. The van der Waals surface area contributed by atoms with E-state index in [1.165, 1.54) is 11.1 Å². The third-order valence-corrected chi connectivity index (χ3v) is 6.19. The van der Waals surface area contributed by atoms with E-state index in [0.717, 1.165) is 22.2 Å². The Kier molecular flexibility index (Phi) is 7.42. The Bertz CT molecular complexity index is 1180. The van der Waals surface area contributed by atoms with Gasteiger partial charge in [-0.1, -0.05) is 90.1 Å². The molecule has 1 unspecified atom stereocenters. The van der Waals surface area contributed by atoms with E-state index in [4.69, 9.17) is 0 Å². The first-order valence-corrected chi connectivity index (χ1v) is 11.9. The first-order valence-electron chi connectivity index (χ1n) is 10.9. The normalized spacial score (nSPS) is 11.7. The molecule has 0 aliphatic carbocycles. The van der Waals surface area contributed by atoms with Crippen molar-refractivity contribution in [2.45, 2.75) is 37.3 Å². The summed E-state index contributed by atoms with van der Waals surface area (Å²) < 4.78 is 2.02. The Hall–Kier alpha value is -3.58. The lowest BCUT2D eigenvalue weighted by Crippen LogP contribution is -2.37. The minimum atomic E-state index is -0.333. The largest absolute Gasteiger partial charge is 0.334 e. The number of hydrogen-bond donors (Lipinski definition) is 2. The van der Waals surface area contributed by atoms with Gasteiger partial charge >= 0.3 is 6.03 Å². The maximum Gasteiger partial charge on any atom is 0.315 e. The van der Waals surface area contributed by atoms with Crippen LogP contribution in [0.3, 0.4) is 0 Å². The number of amides is 2. The number of rotatable bonds is 8. The topological polar surface area (TPSA) is 71.8 Å². The lowest BCUT2D eigenvalue weighted by molar-refractivity contribution is 0.237. The molecule has 7 heteroatoms. The van der Waals surface area contributed by atoms with Crippen LogP contribution in [-0.4, -0.2) is 20.8 Å². The van der Waals surface area contributed by atoms with Gasteiger partial charge in [-0.05, 0) is 37.1 Å². The number of urea groups is 1. The third kappa shape index (κ3) is 6.02. The van der Waals surface area contributed by atoms with E-state index >= 15 is 0 Å². The number of aryl methyl sites for hydroxylation is 1. The zero-order valence-electron chi connectivity index (χ0n) is 18.7. The lowest BCUT2D eigenvalue weighted by atomic mass is 10.2. The fourth-order valence-corrected chi connectivity index (χ4v) is 4.32. The maximum absolute atomic E-state index is 12.5. The summed E-state index contributed by atoms with van der Waals surface area (Å²) in [5.74, 6) is 1.47. The smallest absolute Gasteiger partial charge is 0.315 e. The van der Waals surface area contributed by atoms with E-state index in [9.17, 15) is 4.79 Å². The van der Waals surface area contributed by atoms with E-state index in [1.807, 2.05) is 60.0 Å². The summed E-state index contributed by atoms with van der Waals surface area (Å²) >= 11 is 1.62. The Morgan fingerprint density at radius 2 is 1.55 bits per heavy atom. The van der Waals surface area contributed by atoms with Crippen molar-refractivity contribution >= 4 is 17.8 Å². The summed E-state index contributed by atoms with van der Waals surface area (Å²) in [5, 5.41) is 15.6. The first-order chi connectivity index (χ1) is 16.1. The molecule has 2 N–H and O–H groups in total. The van der Waals surface area contributed by atoms with E-state index in [1.54, 1.807) is 11.8 Å². The molecule has 4 aromatic rings. The van der Waals surface area contributed by atoms with Crippen LogP contribution in [0.2, 0.25) is 0 Å². The number of nitrogens with one attached hydrogen (secondary N) is 2. The van der Waals surface area contributed by atoms with E-state index in [0.29, 0.717) is 12.4 Å². The van der Waals surface area contributed by atoms with Crippen molar-refractivity contribution in [3.63, 3.8) is 0 Å². The quantitative estimate of drug-likeness (QED) is 0.346. The lowest BCUT2D eigenvalue weighted by Gasteiger charge is -2.17. The SMILES string of the molecule is Cc1ccc(-n2c(SCc3ccccc3)nnc2C(C)NC(=O)NCc2ccccc2)cc1. The van der Waals surface area contributed by atoms with Crippen molar-refractivity contribution in [1.82, 2.24) is 25.4 Å². The molecule has 0 aliphatic heterocycles. The van der Waals surface area contributed by atoms with Gasteiger partial charge in [0.15, 0.2) is 11.0 Å². The van der Waals surface area contributed by atoms with Gasteiger partial charge in [-0.15, -0.1) is 10.2 Å². The number of hydrogen-bond acceptors (Lipinski definition) is 4. The van der Waals surface area contributed by atoms with Crippen molar-refractivity contribution in [3.8, 4) is 5.69 Å². The predicted molar refractivity (Wildman–Crippen MR) is 132 cm³/mol.